The molecule has 2 heterocycles. The minimum absolute atomic E-state index is 0.150. The number of nitrogens with zero attached hydrogens (tertiary/aromatic N) is 2. The third kappa shape index (κ3) is 3.02. The van der Waals surface area contributed by atoms with Gasteiger partial charge in [-0.3, -0.25) is 4.79 Å². The third-order valence-corrected chi connectivity index (χ3v) is 4.74. The van der Waals surface area contributed by atoms with Gasteiger partial charge in [-0.25, -0.2) is 0 Å². The zero-order valence-electron chi connectivity index (χ0n) is 13.1. The summed E-state index contributed by atoms with van der Waals surface area (Å²) in [6.07, 6.45) is 3.58. The predicted octanol–water partition coefficient (Wildman–Crippen LogP) is 4.91. The first kappa shape index (κ1) is 16.9. The molecule has 5 nitrogen and oxygen atoms in total. The van der Waals surface area contributed by atoms with Gasteiger partial charge < -0.3 is 9.25 Å². The Morgan fingerprint density at radius 1 is 1.29 bits per heavy atom. The molecule has 0 saturated carbocycles. The Bertz CT molecular complexity index is 761. The summed E-state index contributed by atoms with van der Waals surface area (Å²) in [5, 5.41) is 4.34. The van der Waals surface area contributed by atoms with Gasteiger partial charge in [0.2, 0.25) is 0 Å². The fourth-order valence-corrected chi connectivity index (χ4v) is 3.14. The van der Waals surface area contributed by atoms with Crippen LogP contribution in [-0.4, -0.2) is 16.7 Å². The number of hydrogen-bond donors (Lipinski definition) is 0. The molecule has 1 aromatic heterocycles. The van der Waals surface area contributed by atoms with Gasteiger partial charge in [0.25, 0.3) is 0 Å². The number of benzene rings is 1. The minimum Gasteiger partial charge on any atom is -0.467 e. The first-order valence-electron chi connectivity index (χ1n) is 7.38. The molecular weight excluding hydrogens is 351 g/mol. The maximum Gasteiger partial charge on any atom is 0.322 e. The number of carbonyl (C=O) groups is 1. The van der Waals surface area contributed by atoms with E-state index in [1.165, 1.54) is 5.17 Å². The molecule has 0 radical (unpaired) electrons. The standard InChI is InChI=1S/C17H16Cl2N2O3/c1-11-8-16(17-4-3-7-23-17)20(21(11)24-10-22)12(2)13-5-6-14(18)15(19)9-13/h3-10,12,16H,1-2H3. The van der Waals surface area contributed by atoms with Crippen LogP contribution in [-0.2, 0) is 9.63 Å². The lowest BCUT2D eigenvalue weighted by atomic mass is 10.1. The lowest BCUT2D eigenvalue weighted by molar-refractivity contribution is -0.248. The topological polar surface area (TPSA) is 45.9 Å². The first-order chi connectivity index (χ1) is 11.5. The smallest absolute Gasteiger partial charge is 0.322 e. The molecule has 0 saturated heterocycles. The first-order valence-corrected chi connectivity index (χ1v) is 8.14. The maximum absolute atomic E-state index is 10.9. The summed E-state index contributed by atoms with van der Waals surface area (Å²) >= 11 is 12.1. The Hall–Kier alpha value is -1.95. The van der Waals surface area contributed by atoms with Crippen molar-refractivity contribution >= 4 is 29.7 Å². The molecule has 3 rings (SSSR count). The zero-order valence-corrected chi connectivity index (χ0v) is 14.7. The molecule has 2 unspecified atom stereocenters. The van der Waals surface area contributed by atoms with Crippen LogP contribution in [0.25, 0.3) is 0 Å². The van der Waals surface area contributed by atoms with Crippen LogP contribution in [0.2, 0.25) is 10.0 Å². The summed E-state index contributed by atoms with van der Waals surface area (Å²) in [6.45, 7) is 4.25. The number of rotatable bonds is 5. The second kappa shape index (κ2) is 6.89. The Morgan fingerprint density at radius 3 is 2.71 bits per heavy atom. The number of halogens is 2. The van der Waals surface area contributed by atoms with Gasteiger partial charge in [0.05, 0.1) is 28.0 Å². The molecule has 1 aliphatic rings. The van der Waals surface area contributed by atoms with Crippen LogP contribution < -0.4 is 0 Å². The number of furan rings is 1. The van der Waals surface area contributed by atoms with E-state index in [0.29, 0.717) is 16.5 Å². The average Bonchev–Trinajstić information content (AvgIpc) is 3.19. The summed E-state index contributed by atoms with van der Waals surface area (Å²) in [5.41, 5.74) is 1.72. The molecule has 0 bridgehead atoms. The van der Waals surface area contributed by atoms with E-state index >= 15 is 0 Å². The number of carbonyl (C=O) groups excluding carboxylic acids is 1. The second-order valence-electron chi connectivity index (χ2n) is 5.47. The van der Waals surface area contributed by atoms with Crippen LogP contribution in [0.4, 0.5) is 0 Å². The highest BCUT2D eigenvalue weighted by Crippen LogP contribution is 2.41. The van der Waals surface area contributed by atoms with Gasteiger partial charge in [-0.15, -0.1) is 5.17 Å². The van der Waals surface area contributed by atoms with E-state index in [0.717, 1.165) is 17.0 Å². The molecule has 0 aliphatic carbocycles. The number of hydroxylamine groups is 1. The summed E-state index contributed by atoms with van der Waals surface area (Å²) in [5.74, 6) is 0.748. The van der Waals surface area contributed by atoms with Crippen LogP contribution in [0, 0.1) is 0 Å². The molecule has 2 aromatic rings. The van der Waals surface area contributed by atoms with Crippen molar-refractivity contribution < 1.29 is 14.0 Å². The number of hydrogen-bond acceptors (Lipinski definition) is 5. The van der Waals surface area contributed by atoms with Crippen molar-refractivity contribution in [2.45, 2.75) is 25.9 Å². The second-order valence-corrected chi connectivity index (χ2v) is 6.29. The molecule has 2 atom stereocenters. The summed E-state index contributed by atoms with van der Waals surface area (Å²) in [4.78, 5) is 16.1. The SMILES string of the molecule is CC1=CC(c2ccco2)N(C(C)c2ccc(Cl)c(Cl)c2)N1OC=O. The van der Waals surface area contributed by atoms with Crippen molar-refractivity contribution in [3.63, 3.8) is 0 Å². The molecule has 0 N–H and O–H groups in total. The molecule has 1 aromatic carbocycles. The molecular formula is C17H16Cl2N2O3. The van der Waals surface area contributed by atoms with Gasteiger partial charge in [-0.1, -0.05) is 29.3 Å². The Kier molecular flexibility index (Phi) is 4.85. The highest BCUT2D eigenvalue weighted by atomic mass is 35.5. The lowest BCUT2D eigenvalue weighted by Gasteiger charge is -2.36. The highest BCUT2D eigenvalue weighted by molar-refractivity contribution is 6.42. The van der Waals surface area contributed by atoms with E-state index in [-0.39, 0.29) is 12.1 Å². The van der Waals surface area contributed by atoms with Crippen molar-refractivity contribution in [2.24, 2.45) is 0 Å². The van der Waals surface area contributed by atoms with E-state index in [4.69, 9.17) is 32.5 Å². The monoisotopic (exact) mass is 366 g/mol. The average molecular weight is 367 g/mol. The van der Waals surface area contributed by atoms with Gasteiger partial charge >= 0.3 is 6.47 Å². The Balaban J connectivity index is 1.99. The molecule has 24 heavy (non-hydrogen) atoms. The van der Waals surface area contributed by atoms with E-state index in [1.54, 1.807) is 18.4 Å². The van der Waals surface area contributed by atoms with E-state index in [9.17, 15) is 4.79 Å². The van der Waals surface area contributed by atoms with Crippen LogP contribution in [0.15, 0.2) is 52.8 Å². The van der Waals surface area contributed by atoms with Crippen LogP contribution in [0.3, 0.4) is 0 Å². The van der Waals surface area contributed by atoms with Gasteiger partial charge in [0.1, 0.15) is 11.8 Å². The van der Waals surface area contributed by atoms with Crippen LogP contribution in [0.5, 0.6) is 0 Å². The minimum atomic E-state index is -0.204. The fraction of sp³-hybridized carbons (Fsp3) is 0.235. The highest BCUT2D eigenvalue weighted by Gasteiger charge is 2.38. The van der Waals surface area contributed by atoms with Gasteiger partial charge in [-0.2, -0.15) is 5.01 Å². The van der Waals surface area contributed by atoms with Crippen molar-refractivity contribution in [2.75, 3.05) is 0 Å². The lowest BCUT2D eigenvalue weighted by Crippen LogP contribution is -2.40. The molecule has 0 fully saturated rings. The summed E-state index contributed by atoms with van der Waals surface area (Å²) in [6, 6.07) is 8.80. The van der Waals surface area contributed by atoms with Gasteiger partial charge in [0, 0.05) is 0 Å². The van der Waals surface area contributed by atoms with E-state index in [2.05, 4.69) is 0 Å². The molecule has 7 heteroatoms. The van der Waals surface area contributed by atoms with Gasteiger partial charge in [-0.05, 0) is 49.8 Å². The fourth-order valence-electron chi connectivity index (χ4n) is 2.84. The number of hydrazine groups is 1. The molecule has 0 amide bonds. The van der Waals surface area contributed by atoms with Crippen molar-refractivity contribution in [3.05, 3.63) is 69.7 Å². The van der Waals surface area contributed by atoms with Crippen LogP contribution >= 0.6 is 23.2 Å². The molecule has 0 spiro atoms. The Morgan fingerprint density at radius 2 is 2.08 bits per heavy atom. The maximum atomic E-state index is 10.9. The normalized spacial score (nSPS) is 19.2. The van der Waals surface area contributed by atoms with Crippen molar-refractivity contribution in [3.8, 4) is 0 Å². The molecule has 1 aliphatic heterocycles. The quantitative estimate of drug-likeness (QED) is 0.703. The summed E-state index contributed by atoms with van der Waals surface area (Å²) < 4.78 is 5.55. The number of allylic oxidation sites excluding steroid dienone is 1. The zero-order chi connectivity index (χ0) is 17.3. The van der Waals surface area contributed by atoms with E-state index in [1.807, 2.05) is 43.1 Å². The predicted molar refractivity (Wildman–Crippen MR) is 90.9 cm³/mol. The summed E-state index contributed by atoms with van der Waals surface area (Å²) in [7, 11) is 0. The van der Waals surface area contributed by atoms with E-state index < -0.39 is 0 Å². The molecule has 126 valence electrons. The van der Waals surface area contributed by atoms with Crippen LogP contribution in [0.1, 0.15) is 37.3 Å². The van der Waals surface area contributed by atoms with Crippen molar-refractivity contribution in [1.82, 2.24) is 10.2 Å². The largest absolute Gasteiger partial charge is 0.467 e. The third-order valence-electron chi connectivity index (χ3n) is 4.00. The Labute approximate surface area is 149 Å². The van der Waals surface area contributed by atoms with Gasteiger partial charge in [0.15, 0.2) is 0 Å². The van der Waals surface area contributed by atoms with Crippen molar-refractivity contribution in [1.29, 1.82) is 0 Å².